The van der Waals surface area contributed by atoms with Gasteiger partial charge in [-0.1, -0.05) is 132 Å². The van der Waals surface area contributed by atoms with Crippen LogP contribution >= 0.6 is 0 Å². The van der Waals surface area contributed by atoms with Gasteiger partial charge in [0.15, 0.2) is 5.78 Å². The number of fused-ring (bicyclic) bond motifs is 18. The SMILES string of the molecule is C.CC(C)OC(C)C.C[C@]12CCC(=O)C=C1CCC1C2CC[C@]2(C)C(n3cnc4ccccc43)=CCC12.C[C@]12CC[C@H](O)C=C1CCC1C2CC[C@]2(C)C(n3cnc4ccccc43)=CCC12.C[C@]12CC[C@H](O)CC1=CCC1C2CC[C@]2(C)C(n3cnc4ccccc43)=CCC12.C[CH-]C.O.O.[Ti]. The monoisotopic (exact) mass is 1410 g/mol. The first kappa shape index (κ1) is 78.3. The minimum absolute atomic E-state index is 0. The summed E-state index contributed by atoms with van der Waals surface area (Å²) < 4.78 is 12.4. The number of imidazole rings is 3. The number of aromatic nitrogens is 6. The Labute approximate surface area is 620 Å². The number of benzene rings is 3. The molecule has 0 aliphatic heterocycles. The van der Waals surface area contributed by atoms with E-state index in [1.165, 1.54) is 123 Å². The number of aliphatic hydroxyl groups excluding tert-OH is 2. The van der Waals surface area contributed by atoms with Crippen molar-refractivity contribution in [2.75, 3.05) is 0 Å². The number of para-hydroxylation sites is 6. The van der Waals surface area contributed by atoms with E-state index in [9.17, 15) is 15.0 Å². The van der Waals surface area contributed by atoms with Gasteiger partial charge in [-0.05, 0) is 268 Å². The fourth-order valence-corrected chi connectivity index (χ4v) is 23.7. The zero-order chi connectivity index (χ0) is 68.0. The maximum Gasteiger partial charge on any atom is 0.155 e. The standard InChI is InChI=1S/2C26H32N2O.C26H30N2O.C6H14O.C3H7.CH4.2H2O.Ti/c3*1-25-13-11-18(29)15-17(25)7-8-19-20-9-10-24(26(20,2)14-12-21(19)25)28-16-27-22-5-3-4-6-23(22)28;1-5(2)7-6(3)4;1-3-2;;;;/h3-6,10,15-16,18-21,29H,7-9,11-14H2,1-2H3;3-7,10,16,18-21,29H,8-9,11-15H2,1-2H3;3-6,10,15-16,19-21H,7-9,11-14H2,1-2H3;5-6H,1-4H3;3H,1-2H3;1H4;2*1H2;/q;;;;-1;;;;/t2*18-,19?,20?,21?,25-,26-;19?,20?,21?,25-,26-;;;;;;/m000....../s1. The number of ether oxygens (including phenoxy) is 1. The van der Waals surface area contributed by atoms with Crippen LogP contribution in [0.15, 0.2) is 145 Å². The number of nitrogens with zero attached hydrogens (tertiary/aromatic N) is 6. The van der Waals surface area contributed by atoms with E-state index in [1.807, 2.05) is 73.0 Å². The van der Waals surface area contributed by atoms with E-state index in [0.717, 1.165) is 115 Å². The number of aliphatic hydroxyl groups is 2. The molecular weight excluding hydrogens is 1280 g/mol. The van der Waals surface area contributed by atoms with Crippen LogP contribution in [0.1, 0.15) is 225 Å². The molecule has 3 aromatic heterocycles. The second-order valence-electron chi connectivity index (χ2n) is 34.2. The van der Waals surface area contributed by atoms with Crippen LogP contribution < -0.4 is 0 Å². The predicted molar refractivity (Wildman–Crippen MR) is 411 cm³/mol. The summed E-state index contributed by atoms with van der Waals surface area (Å²) in [7, 11) is 0. The molecule has 17 atom stereocenters. The molecule has 3 aromatic carbocycles. The minimum atomic E-state index is -0.210. The van der Waals surface area contributed by atoms with Gasteiger partial charge in [-0.15, -0.1) is 0 Å². The maximum atomic E-state index is 12.0. The van der Waals surface area contributed by atoms with Gasteiger partial charge in [0.1, 0.15) is 19.0 Å². The van der Waals surface area contributed by atoms with Crippen LogP contribution in [-0.4, -0.2) is 80.0 Å². The van der Waals surface area contributed by atoms with Crippen molar-refractivity contribution >= 4 is 56.0 Å². The van der Waals surface area contributed by atoms with Crippen LogP contribution in [0.25, 0.3) is 50.2 Å². The van der Waals surface area contributed by atoms with Crippen LogP contribution in [-0.2, 0) is 31.2 Å². The third-order valence-corrected chi connectivity index (χ3v) is 28.4. The normalized spacial score (nSPS) is 35.8. The van der Waals surface area contributed by atoms with E-state index in [1.54, 1.807) is 11.1 Å². The molecule has 6 fully saturated rings. The Morgan fingerprint density at radius 1 is 0.465 bits per heavy atom. The van der Waals surface area contributed by atoms with Gasteiger partial charge in [-0.25, -0.2) is 15.0 Å². The summed E-state index contributed by atoms with van der Waals surface area (Å²) in [6.07, 6.45) is 47.2. The molecule has 0 spiro atoms. The molecule has 0 saturated heterocycles. The van der Waals surface area contributed by atoms with Gasteiger partial charge in [0.25, 0.3) is 0 Å². The van der Waals surface area contributed by atoms with Crippen molar-refractivity contribution in [3.05, 3.63) is 151 Å². The van der Waals surface area contributed by atoms with Crippen LogP contribution in [0.2, 0.25) is 0 Å². The van der Waals surface area contributed by atoms with Crippen molar-refractivity contribution in [2.45, 2.75) is 250 Å². The molecule has 0 radical (unpaired) electrons. The van der Waals surface area contributed by atoms with Crippen molar-refractivity contribution in [3.63, 3.8) is 0 Å². The van der Waals surface area contributed by atoms with Gasteiger partial charge in [-0.3, -0.25) is 4.79 Å². The van der Waals surface area contributed by atoms with Gasteiger partial charge in [-0.2, -0.15) is 13.8 Å². The van der Waals surface area contributed by atoms with E-state index in [-0.39, 0.29) is 74.0 Å². The van der Waals surface area contributed by atoms with E-state index in [2.05, 4.69) is 173 Å². The number of hydrogen-bond donors (Lipinski definition) is 2. The second-order valence-corrected chi connectivity index (χ2v) is 34.2. The van der Waals surface area contributed by atoms with Crippen LogP contribution in [0, 0.1) is 92.2 Å². The van der Waals surface area contributed by atoms with Crippen LogP contribution in [0.3, 0.4) is 0 Å². The molecule has 9 unspecified atom stereocenters. The summed E-state index contributed by atoms with van der Waals surface area (Å²) in [5, 5.41) is 20.4. The summed E-state index contributed by atoms with van der Waals surface area (Å²) in [4.78, 5) is 26.1. The van der Waals surface area contributed by atoms with Gasteiger partial charge in [0.2, 0.25) is 0 Å². The van der Waals surface area contributed by atoms with E-state index in [0.29, 0.717) is 34.7 Å². The Hall–Kier alpha value is -5.31. The summed E-state index contributed by atoms with van der Waals surface area (Å²) in [5.41, 5.74) is 17.6. The second kappa shape index (κ2) is 30.6. The number of ketones is 1. The van der Waals surface area contributed by atoms with Gasteiger partial charge >= 0.3 is 0 Å². The molecule has 0 bridgehead atoms. The number of carbonyl (C=O) groups is 1. The van der Waals surface area contributed by atoms with E-state index in [4.69, 9.17) is 4.74 Å². The van der Waals surface area contributed by atoms with E-state index < -0.39 is 0 Å². The fraction of sp³-hybridized carbons (Fsp3) is 0.602. The van der Waals surface area contributed by atoms with Crippen LogP contribution in [0.5, 0.6) is 0 Å². The Kier molecular flexibility index (Phi) is 23.8. The first-order valence-electron chi connectivity index (χ1n) is 38.4. The molecule has 13 heteroatoms. The third kappa shape index (κ3) is 13.6. The number of rotatable bonds is 5. The molecule has 101 heavy (non-hydrogen) atoms. The topological polar surface area (TPSA) is 183 Å². The maximum absolute atomic E-state index is 12.0. The van der Waals surface area contributed by atoms with Crippen molar-refractivity contribution in [2.24, 2.45) is 85.8 Å². The molecule has 6 N–H and O–H groups in total. The number of carbonyl (C=O) groups excluding carboxylic acids is 1. The summed E-state index contributed by atoms with van der Waals surface area (Å²) in [6, 6.07) is 25.5. The van der Waals surface area contributed by atoms with Gasteiger partial charge in [0.05, 0.1) is 57.5 Å². The molecule has 12 aliphatic rings. The first-order chi connectivity index (χ1) is 46.6. The van der Waals surface area contributed by atoms with Crippen molar-refractivity contribution < 1.29 is 52.4 Å². The summed E-state index contributed by atoms with van der Waals surface area (Å²) >= 11 is 0. The van der Waals surface area contributed by atoms with Gasteiger partial charge in [0, 0.05) is 61.5 Å². The molecule has 0 amide bonds. The molecule has 18 rings (SSSR count). The Morgan fingerprint density at radius 3 is 1.28 bits per heavy atom. The zero-order valence-corrected chi connectivity index (χ0v) is 64.0. The summed E-state index contributed by atoms with van der Waals surface area (Å²) in [5.74, 6) is 7.16. The molecule has 546 valence electrons. The van der Waals surface area contributed by atoms with Crippen molar-refractivity contribution in [1.82, 2.24) is 28.7 Å². The minimum Gasteiger partial charge on any atom is -0.412 e. The molecule has 12 nitrogen and oxygen atoms in total. The molecule has 3 heterocycles. The molecular formula is C88H123N6O6Ti-. The van der Waals surface area contributed by atoms with Gasteiger partial charge < -0.3 is 46.0 Å². The number of allylic oxidation sites excluding steroid dienone is 10. The Morgan fingerprint density at radius 2 is 0.842 bits per heavy atom. The van der Waals surface area contributed by atoms with E-state index >= 15 is 0 Å². The predicted octanol–water partition coefficient (Wildman–Crippen LogP) is 19.7. The zero-order valence-electron chi connectivity index (χ0n) is 62.5. The molecule has 6 saturated carbocycles. The number of hydrogen-bond acceptors (Lipinski definition) is 7. The Balaban J connectivity index is 0.000000150. The van der Waals surface area contributed by atoms with Crippen molar-refractivity contribution in [1.29, 1.82) is 0 Å². The summed E-state index contributed by atoms with van der Waals surface area (Å²) in [6.45, 7) is 27.2. The molecule has 6 aromatic rings. The third-order valence-electron chi connectivity index (χ3n) is 28.4. The van der Waals surface area contributed by atoms with Crippen molar-refractivity contribution in [3.8, 4) is 0 Å². The average molecular weight is 1410 g/mol. The first-order valence-corrected chi connectivity index (χ1v) is 38.4. The fourth-order valence-electron chi connectivity index (χ4n) is 23.7. The quantitative estimate of drug-likeness (QED) is 0.0977. The Bertz CT molecular complexity index is 4100. The van der Waals surface area contributed by atoms with Crippen LogP contribution in [0.4, 0.5) is 0 Å². The smallest absolute Gasteiger partial charge is 0.155 e. The largest absolute Gasteiger partial charge is 0.412 e. The average Bonchev–Trinajstić information content (AvgIpc) is 1.67. The molecule has 12 aliphatic carbocycles.